The van der Waals surface area contributed by atoms with Crippen molar-refractivity contribution in [2.75, 3.05) is 21.3 Å². The Bertz CT molecular complexity index is 415. The molecule has 0 fully saturated rings. The van der Waals surface area contributed by atoms with Crippen molar-refractivity contribution in [2.24, 2.45) is 0 Å². The smallest absolute Gasteiger partial charge is 0.307 e. The highest BCUT2D eigenvalue weighted by atomic mass is 16.5. The molecule has 5 nitrogen and oxygen atoms in total. The molecule has 0 bridgehead atoms. The van der Waals surface area contributed by atoms with Gasteiger partial charge in [0.25, 0.3) is 0 Å². The van der Waals surface area contributed by atoms with E-state index in [0.717, 1.165) is 5.56 Å². The van der Waals surface area contributed by atoms with Crippen molar-refractivity contribution in [1.82, 2.24) is 4.90 Å². The van der Waals surface area contributed by atoms with Gasteiger partial charge in [0.05, 0.1) is 27.1 Å². The molecular formula is C15H21NO4. The Morgan fingerprint density at radius 1 is 1.05 bits per heavy atom. The van der Waals surface area contributed by atoms with E-state index in [9.17, 15) is 9.59 Å². The van der Waals surface area contributed by atoms with Gasteiger partial charge in [-0.25, -0.2) is 0 Å². The molecule has 0 heterocycles. The van der Waals surface area contributed by atoms with E-state index in [-0.39, 0.29) is 30.8 Å². The minimum Gasteiger partial charge on any atom is -0.469 e. The van der Waals surface area contributed by atoms with Gasteiger partial charge in [-0.3, -0.25) is 14.5 Å². The first kappa shape index (κ1) is 16.2. The summed E-state index contributed by atoms with van der Waals surface area (Å²) in [7, 11) is 4.56. The highest BCUT2D eigenvalue weighted by Crippen LogP contribution is 2.13. The number of carbonyl (C=O) groups excluding carboxylic acids is 2. The second-order valence-electron chi connectivity index (χ2n) is 4.62. The maximum atomic E-state index is 11.4. The lowest BCUT2D eigenvalue weighted by Crippen LogP contribution is -2.35. The SMILES string of the molecule is COC(=O)CC(CC(=O)OC)N(C)Cc1ccccc1. The van der Waals surface area contributed by atoms with Gasteiger partial charge in [-0.15, -0.1) is 0 Å². The lowest BCUT2D eigenvalue weighted by molar-refractivity contribution is -0.144. The fourth-order valence-corrected chi connectivity index (χ4v) is 1.94. The largest absolute Gasteiger partial charge is 0.469 e. The Labute approximate surface area is 119 Å². The average Bonchev–Trinajstić information content (AvgIpc) is 2.47. The molecule has 1 aromatic carbocycles. The summed E-state index contributed by atoms with van der Waals surface area (Å²) in [5.41, 5.74) is 1.12. The zero-order valence-corrected chi connectivity index (χ0v) is 12.2. The van der Waals surface area contributed by atoms with Gasteiger partial charge in [-0.2, -0.15) is 0 Å². The second-order valence-corrected chi connectivity index (χ2v) is 4.62. The zero-order chi connectivity index (χ0) is 15.0. The molecule has 0 unspecified atom stereocenters. The quantitative estimate of drug-likeness (QED) is 0.710. The van der Waals surface area contributed by atoms with Gasteiger partial charge in [-0.1, -0.05) is 30.3 Å². The van der Waals surface area contributed by atoms with Crippen molar-refractivity contribution in [2.45, 2.75) is 25.4 Å². The van der Waals surface area contributed by atoms with Gasteiger partial charge in [0.1, 0.15) is 0 Å². The van der Waals surface area contributed by atoms with Crippen LogP contribution in [0.15, 0.2) is 30.3 Å². The van der Waals surface area contributed by atoms with Crippen LogP contribution in [0.1, 0.15) is 18.4 Å². The molecule has 1 aromatic rings. The summed E-state index contributed by atoms with van der Waals surface area (Å²) < 4.78 is 9.36. The van der Waals surface area contributed by atoms with Gasteiger partial charge in [0.15, 0.2) is 0 Å². The van der Waals surface area contributed by atoms with E-state index < -0.39 is 0 Å². The summed E-state index contributed by atoms with van der Waals surface area (Å²) >= 11 is 0. The molecule has 0 aliphatic carbocycles. The number of rotatable bonds is 7. The number of benzene rings is 1. The third-order valence-electron chi connectivity index (χ3n) is 3.16. The van der Waals surface area contributed by atoms with E-state index in [1.165, 1.54) is 14.2 Å². The van der Waals surface area contributed by atoms with Gasteiger partial charge in [0, 0.05) is 12.6 Å². The number of esters is 2. The number of ether oxygens (including phenoxy) is 2. The highest BCUT2D eigenvalue weighted by molar-refractivity contribution is 5.73. The standard InChI is InChI=1S/C15H21NO4/c1-16(11-12-7-5-4-6-8-12)13(9-14(17)19-2)10-15(18)20-3/h4-8,13H,9-11H2,1-3H3. The fourth-order valence-electron chi connectivity index (χ4n) is 1.94. The lowest BCUT2D eigenvalue weighted by Gasteiger charge is -2.26. The monoisotopic (exact) mass is 279 g/mol. The Kier molecular flexibility index (Phi) is 6.73. The van der Waals surface area contributed by atoms with Crippen LogP contribution in [-0.2, 0) is 25.6 Å². The molecule has 0 aliphatic rings. The molecule has 0 atom stereocenters. The van der Waals surface area contributed by atoms with Crippen molar-refractivity contribution in [1.29, 1.82) is 0 Å². The summed E-state index contributed by atoms with van der Waals surface area (Å²) in [6.07, 6.45) is 0.323. The summed E-state index contributed by atoms with van der Waals surface area (Å²) in [6.45, 7) is 0.652. The van der Waals surface area contributed by atoms with E-state index in [4.69, 9.17) is 0 Å². The Morgan fingerprint density at radius 3 is 2.00 bits per heavy atom. The first-order chi connectivity index (χ1) is 9.56. The Hall–Kier alpha value is -1.88. The van der Waals surface area contributed by atoms with Crippen LogP contribution in [-0.4, -0.2) is 44.1 Å². The second kappa shape index (κ2) is 8.32. The first-order valence-electron chi connectivity index (χ1n) is 6.44. The minimum absolute atomic E-state index is 0.162. The first-order valence-corrected chi connectivity index (χ1v) is 6.44. The van der Waals surface area contributed by atoms with Crippen LogP contribution < -0.4 is 0 Å². The summed E-state index contributed by atoms with van der Waals surface area (Å²) in [6, 6.07) is 9.63. The van der Waals surface area contributed by atoms with Gasteiger partial charge < -0.3 is 9.47 Å². The summed E-state index contributed by atoms with van der Waals surface area (Å²) in [4.78, 5) is 24.9. The molecular weight excluding hydrogens is 258 g/mol. The van der Waals surface area contributed by atoms with Crippen molar-refractivity contribution in [3.63, 3.8) is 0 Å². The van der Waals surface area contributed by atoms with Crippen molar-refractivity contribution in [3.05, 3.63) is 35.9 Å². The summed E-state index contributed by atoms with van der Waals surface area (Å²) in [5.74, 6) is -0.669. The van der Waals surface area contributed by atoms with E-state index >= 15 is 0 Å². The van der Waals surface area contributed by atoms with Crippen LogP contribution in [0.3, 0.4) is 0 Å². The van der Waals surface area contributed by atoms with Crippen LogP contribution in [0.4, 0.5) is 0 Å². The van der Waals surface area contributed by atoms with Gasteiger partial charge in [-0.05, 0) is 12.6 Å². The normalized spacial score (nSPS) is 10.7. The Balaban J connectivity index is 2.69. The van der Waals surface area contributed by atoms with Crippen LogP contribution in [0.5, 0.6) is 0 Å². The molecule has 0 spiro atoms. The number of carbonyl (C=O) groups is 2. The maximum absolute atomic E-state index is 11.4. The van der Waals surface area contributed by atoms with Crippen LogP contribution in [0.2, 0.25) is 0 Å². The lowest BCUT2D eigenvalue weighted by atomic mass is 10.1. The van der Waals surface area contributed by atoms with E-state index in [0.29, 0.717) is 6.54 Å². The molecule has 0 radical (unpaired) electrons. The van der Waals surface area contributed by atoms with E-state index in [1.54, 1.807) is 0 Å². The third kappa shape index (κ3) is 5.40. The number of nitrogens with zero attached hydrogens (tertiary/aromatic N) is 1. The number of hydrogen-bond acceptors (Lipinski definition) is 5. The van der Waals surface area contributed by atoms with E-state index in [2.05, 4.69) is 9.47 Å². The van der Waals surface area contributed by atoms with Crippen molar-refractivity contribution in [3.8, 4) is 0 Å². The predicted octanol–water partition coefficient (Wildman–Crippen LogP) is 1.61. The van der Waals surface area contributed by atoms with Gasteiger partial charge in [0.2, 0.25) is 0 Å². The molecule has 0 saturated heterocycles. The minimum atomic E-state index is -0.334. The Morgan fingerprint density at radius 2 is 1.55 bits per heavy atom. The molecule has 20 heavy (non-hydrogen) atoms. The van der Waals surface area contributed by atoms with Crippen LogP contribution in [0.25, 0.3) is 0 Å². The molecule has 5 heteroatoms. The molecule has 0 aliphatic heterocycles. The maximum Gasteiger partial charge on any atom is 0.307 e. The van der Waals surface area contributed by atoms with Crippen LogP contribution in [0, 0.1) is 0 Å². The van der Waals surface area contributed by atoms with Crippen molar-refractivity contribution >= 4 is 11.9 Å². The molecule has 1 rings (SSSR count). The van der Waals surface area contributed by atoms with E-state index in [1.807, 2.05) is 42.3 Å². The molecule has 110 valence electrons. The molecule has 0 N–H and O–H groups in total. The average molecular weight is 279 g/mol. The molecule has 0 amide bonds. The molecule has 0 saturated carbocycles. The van der Waals surface area contributed by atoms with Crippen LogP contribution >= 0.6 is 0 Å². The highest BCUT2D eigenvalue weighted by Gasteiger charge is 2.22. The summed E-state index contributed by atoms with van der Waals surface area (Å²) in [5, 5.41) is 0. The topological polar surface area (TPSA) is 55.8 Å². The number of methoxy groups -OCH3 is 2. The fraction of sp³-hybridized carbons (Fsp3) is 0.467. The van der Waals surface area contributed by atoms with Gasteiger partial charge >= 0.3 is 11.9 Å². The van der Waals surface area contributed by atoms with Crippen molar-refractivity contribution < 1.29 is 19.1 Å². The number of hydrogen-bond donors (Lipinski definition) is 0. The predicted molar refractivity (Wildman–Crippen MR) is 75.0 cm³/mol. The molecule has 0 aromatic heterocycles. The third-order valence-corrected chi connectivity index (χ3v) is 3.16. The zero-order valence-electron chi connectivity index (χ0n) is 12.2.